The van der Waals surface area contributed by atoms with Crippen LogP contribution in [0.4, 0.5) is 11.7 Å². The SMILES string of the molecule is CCOC(C)(C)CNc1nc2c([N+](=O)[O-])cccc2o1. The van der Waals surface area contributed by atoms with Crippen LogP contribution in [0.5, 0.6) is 0 Å². The molecule has 0 spiro atoms. The fraction of sp³-hybridized carbons (Fsp3) is 0.462. The van der Waals surface area contributed by atoms with Gasteiger partial charge in [-0.2, -0.15) is 4.98 Å². The molecule has 0 aliphatic carbocycles. The van der Waals surface area contributed by atoms with Crippen LogP contribution in [0.1, 0.15) is 20.8 Å². The molecular weight excluding hydrogens is 262 g/mol. The molecule has 1 heterocycles. The first kappa shape index (κ1) is 14.3. The Labute approximate surface area is 116 Å². The van der Waals surface area contributed by atoms with E-state index >= 15 is 0 Å². The van der Waals surface area contributed by atoms with Gasteiger partial charge in [0.2, 0.25) is 0 Å². The number of nitrogens with zero attached hydrogens (tertiary/aromatic N) is 2. The van der Waals surface area contributed by atoms with Crippen molar-refractivity contribution in [3.05, 3.63) is 28.3 Å². The lowest BCUT2D eigenvalue weighted by Crippen LogP contribution is -2.33. The van der Waals surface area contributed by atoms with Gasteiger partial charge in [0.25, 0.3) is 11.7 Å². The van der Waals surface area contributed by atoms with Crippen LogP contribution in [-0.4, -0.2) is 28.7 Å². The lowest BCUT2D eigenvalue weighted by atomic mass is 10.1. The van der Waals surface area contributed by atoms with Crippen molar-refractivity contribution < 1.29 is 14.1 Å². The molecule has 2 aromatic rings. The summed E-state index contributed by atoms with van der Waals surface area (Å²) in [5.74, 6) is 0. The van der Waals surface area contributed by atoms with E-state index in [2.05, 4.69) is 10.3 Å². The van der Waals surface area contributed by atoms with Gasteiger partial charge in [-0.3, -0.25) is 10.1 Å². The van der Waals surface area contributed by atoms with Gasteiger partial charge in [0.05, 0.1) is 10.5 Å². The normalized spacial score (nSPS) is 11.8. The number of para-hydroxylation sites is 1. The quantitative estimate of drug-likeness (QED) is 0.645. The minimum Gasteiger partial charge on any atom is -0.423 e. The summed E-state index contributed by atoms with van der Waals surface area (Å²) >= 11 is 0. The monoisotopic (exact) mass is 279 g/mol. The number of oxazole rings is 1. The largest absolute Gasteiger partial charge is 0.423 e. The zero-order chi connectivity index (χ0) is 14.8. The molecule has 0 aliphatic heterocycles. The molecule has 0 saturated heterocycles. The molecule has 7 heteroatoms. The molecule has 20 heavy (non-hydrogen) atoms. The number of hydrogen-bond acceptors (Lipinski definition) is 6. The van der Waals surface area contributed by atoms with Crippen LogP contribution in [0, 0.1) is 10.1 Å². The highest BCUT2D eigenvalue weighted by molar-refractivity contribution is 5.83. The zero-order valence-electron chi connectivity index (χ0n) is 11.7. The molecule has 0 bridgehead atoms. The zero-order valence-corrected chi connectivity index (χ0v) is 11.7. The van der Waals surface area contributed by atoms with Crippen LogP contribution >= 0.6 is 0 Å². The third kappa shape index (κ3) is 3.05. The van der Waals surface area contributed by atoms with Gasteiger partial charge in [0.1, 0.15) is 0 Å². The summed E-state index contributed by atoms with van der Waals surface area (Å²) in [5.41, 5.74) is 0.190. The number of non-ortho nitro benzene ring substituents is 1. The topological polar surface area (TPSA) is 90.4 Å². The standard InChI is InChI=1S/C13H17N3O4/c1-4-19-13(2,3)8-14-12-15-11-9(16(17)18)6-5-7-10(11)20-12/h5-7H,4,8H2,1-3H3,(H,14,15). The Morgan fingerprint density at radius 2 is 2.25 bits per heavy atom. The lowest BCUT2D eigenvalue weighted by molar-refractivity contribution is -0.383. The first-order valence-electron chi connectivity index (χ1n) is 6.35. The van der Waals surface area contributed by atoms with Crippen molar-refractivity contribution >= 4 is 22.8 Å². The van der Waals surface area contributed by atoms with E-state index in [9.17, 15) is 10.1 Å². The molecule has 0 saturated carbocycles. The van der Waals surface area contributed by atoms with E-state index in [1.54, 1.807) is 12.1 Å². The average Bonchev–Trinajstić information content (AvgIpc) is 2.78. The summed E-state index contributed by atoms with van der Waals surface area (Å²) < 4.78 is 11.0. The van der Waals surface area contributed by atoms with Crippen LogP contribution < -0.4 is 5.32 Å². The fourth-order valence-electron chi connectivity index (χ4n) is 1.89. The van der Waals surface area contributed by atoms with Crippen LogP contribution in [0.2, 0.25) is 0 Å². The molecule has 0 atom stereocenters. The smallest absolute Gasteiger partial charge is 0.298 e. The summed E-state index contributed by atoms with van der Waals surface area (Å²) in [6.07, 6.45) is 0. The molecule has 1 aromatic carbocycles. The molecule has 108 valence electrons. The summed E-state index contributed by atoms with van der Waals surface area (Å²) in [6.45, 7) is 6.89. The van der Waals surface area contributed by atoms with Crippen molar-refractivity contribution in [3.8, 4) is 0 Å². The molecular formula is C13H17N3O4. The Hall–Kier alpha value is -2.15. The first-order chi connectivity index (χ1) is 9.43. The lowest BCUT2D eigenvalue weighted by Gasteiger charge is -2.24. The fourth-order valence-corrected chi connectivity index (χ4v) is 1.89. The van der Waals surface area contributed by atoms with Crippen LogP contribution in [0.15, 0.2) is 22.6 Å². The third-order valence-electron chi connectivity index (χ3n) is 2.79. The van der Waals surface area contributed by atoms with E-state index in [0.717, 1.165) is 0 Å². The van der Waals surface area contributed by atoms with Crippen LogP contribution in [0.3, 0.4) is 0 Å². The molecule has 7 nitrogen and oxygen atoms in total. The highest BCUT2D eigenvalue weighted by Gasteiger charge is 2.20. The molecule has 1 N–H and O–H groups in total. The number of rotatable bonds is 6. The number of nitrogens with one attached hydrogen (secondary N) is 1. The number of anilines is 1. The number of ether oxygens (including phenoxy) is 1. The Bertz CT molecular complexity index is 621. The Balaban J connectivity index is 2.20. The van der Waals surface area contributed by atoms with E-state index < -0.39 is 4.92 Å². The number of hydrogen-bond donors (Lipinski definition) is 1. The molecule has 0 unspecified atom stereocenters. The van der Waals surface area contributed by atoms with Gasteiger partial charge in [-0.1, -0.05) is 6.07 Å². The average molecular weight is 279 g/mol. The Morgan fingerprint density at radius 3 is 2.90 bits per heavy atom. The molecule has 0 amide bonds. The second-order valence-electron chi connectivity index (χ2n) is 4.95. The van der Waals surface area contributed by atoms with Gasteiger partial charge in [-0.05, 0) is 26.8 Å². The van der Waals surface area contributed by atoms with E-state index in [-0.39, 0.29) is 22.8 Å². The first-order valence-corrected chi connectivity index (χ1v) is 6.35. The summed E-state index contributed by atoms with van der Waals surface area (Å²) in [5, 5.41) is 13.9. The van der Waals surface area contributed by atoms with Crippen molar-refractivity contribution in [2.24, 2.45) is 0 Å². The van der Waals surface area contributed by atoms with Gasteiger partial charge < -0.3 is 14.5 Å². The van der Waals surface area contributed by atoms with Crippen LogP contribution in [-0.2, 0) is 4.74 Å². The van der Waals surface area contributed by atoms with E-state index in [4.69, 9.17) is 9.15 Å². The van der Waals surface area contributed by atoms with Crippen molar-refractivity contribution in [2.75, 3.05) is 18.5 Å². The molecule has 0 fully saturated rings. The third-order valence-corrected chi connectivity index (χ3v) is 2.79. The predicted molar refractivity (Wildman–Crippen MR) is 74.9 cm³/mol. The highest BCUT2D eigenvalue weighted by Crippen LogP contribution is 2.27. The van der Waals surface area contributed by atoms with Gasteiger partial charge >= 0.3 is 0 Å². The minimum absolute atomic E-state index is 0.0663. The van der Waals surface area contributed by atoms with Crippen LogP contribution in [0.25, 0.3) is 11.1 Å². The maximum Gasteiger partial charge on any atom is 0.298 e. The van der Waals surface area contributed by atoms with Gasteiger partial charge in [0.15, 0.2) is 11.1 Å². The number of nitro groups is 1. The maximum absolute atomic E-state index is 10.9. The highest BCUT2D eigenvalue weighted by atomic mass is 16.6. The summed E-state index contributed by atoms with van der Waals surface area (Å²) in [7, 11) is 0. The maximum atomic E-state index is 10.9. The molecule has 2 rings (SSSR count). The van der Waals surface area contributed by atoms with Gasteiger partial charge in [-0.15, -0.1) is 0 Å². The predicted octanol–water partition coefficient (Wildman–Crippen LogP) is 2.96. The van der Waals surface area contributed by atoms with Crippen molar-refractivity contribution in [1.82, 2.24) is 4.98 Å². The molecule has 0 aliphatic rings. The van der Waals surface area contributed by atoms with Gasteiger partial charge in [0, 0.05) is 19.2 Å². The number of nitro benzene ring substituents is 1. The molecule has 0 radical (unpaired) electrons. The van der Waals surface area contributed by atoms with Crippen molar-refractivity contribution in [1.29, 1.82) is 0 Å². The Morgan fingerprint density at radius 1 is 1.50 bits per heavy atom. The summed E-state index contributed by atoms with van der Waals surface area (Å²) in [6, 6.07) is 4.87. The second kappa shape index (κ2) is 5.46. The number of benzene rings is 1. The number of aromatic nitrogens is 1. The minimum atomic E-state index is -0.473. The number of fused-ring (bicyclic) bond motifs is 1. The second-order valence-corrected chi connectivity index (χ2v) is 4.95. The van der Waals surface area contributed by atoms with Crippen molar-refractivity contribution in [2.45, 2.75) is 26.4 Å². The van der Waals surface area contributed by atoms with E-state index in [1.165, 1.54) is 6.07 Å². The molecule has 1 aromatic heterocycles. The van der Waals surface area contributed by atoms with E-state index in [0.29, 0.717) is 18.7 Å². The summed E-state index contributed by atoms with van der Waals surface area (Å²) in [4.78, 5) is 14.6. The Kier molecular flexibility index (Phi) is 3.89. The van der Waals surface area contributed by atoms with E-state index in [1.807, 2.05) is 20.8 Å². The van der Waals surface area contributed by atoms with Crippen molar-refractivity contribution in [3.63, 3.8) is 0 Å². The van der Waals surface area contributed by atoms with Gasteiger partial charge in [-0.25, -0.2) is 0 Å².